The van der Waals surface area contributed by atoms with E-state index in [9.17, 15) is 20.4 Å². The standard InChI is InChI=1S/C34H62O4/c1-17-9-25(10-18(2)31(17)35)29(26-11-19(3)32(36)20(4)12-26)30(27-13-21(5)33(37)22(6)14-27)28-15-23(7)34(38)24(8)16-28/h17-38H,9-16H2,1-8H3. The summed E-state index contributed by atoms with van der Waals surface area (Å²) in [7, 11) is 0. The van der Waals surface area contributed by atoms with Crippen molar-refractivity contribution in [1.29, 1.82) is 0 Å². The minimum atomic E-state index is -0.203. The van der Waals surface area contributed by atoms with Gasteiger partial charge in [0.25, 0.3) is 0 Å². The highest BCUT2D eigenvalue weighted by Gasteiger charge is 2.51. The molecule has 4 aliphatic rings. The predicted molar refractivity (Wildman–Crippen MR) is 155 cm³/mol. The maximum absolute atomic E-state index is 10.9. The Morgan fingerprint density at radius 1 is 0.316 bits per heavy atom. The number of hydrogen-bond donors (Lipinski definition) is 4. The molecule has 8 unspecified atom stereocenters. The molecule has 222 valence electrons. The van der Waals surface area contributed by atoms with E-state index in [1.807, 2.05) is 0 Å². The van der Waals surface area contributed by atoms with Gasteiger partial charge in [0.05, 0.1) is 24.4 Å². The number of rotatable bonds is 5. The molecule has 4 aliphatic carbocycles. The molecule has 4 N–H and O–H groups in total. The quantitative estimate of drug-likeness (QED) is 0.329. The van der Waals surface area contributed by atoms with E-state index in [-0.39, 0.29) is 24.4 Å². The van der Waals surface area contributed by atoms with Gasteiger partial charge in [-0.3, -0.25) is 0 Å². The lowest BCUT2D eigenvalue weighted by molar-refractivity contribution is -0.102. The largest absolute Gasteiger partial charge is 0.393 e. The van der Waals surface area contributed by atoms with Crippen molar-refractivity contribution >= 4 is 0 Å². The van der Waals surface area contributed by atoms with Crippen LogP contribution >= 0.6 is 0 Å². The van der Waals surface area contributed by atoms with Gasteiger partial charge >= 0.3 is 0 Å². The van der Waals surface area contributed by atoms with Crippen LogP contribution in [0.4, 0.5) is 0 Å². The van der Waals surface area contributed by atoms with E-state index in [0.717, 1.165) is 51.4 Å². The zero-order valence-corrected chi connectivity index (χ0v) is 25.8. The number of hydrogen-bond acceptors (Lipinski definition) is 4. The van der Waals surface area contributed by atoms with Gasteiger partial charge in [-0.2, -0.15) is 0 Å². The molecule has 0 bridgehead atoms. The molecule has 0 aromatic heterocycles. The fourth-order valence-corrected chi connectivity index (χ4v) is 10.8. The van der Waals surface area contributed by atoms with Crippen LogP contribution in [0, 0.1) is 82.9 Å². The van der Waals surface area contributed by atoms with Crippen LogP contribution in [0.2, 0.25) is 0 Å². The van der Waals surface area contributed by atoms with E-state index in [1.165, 1.54) is 0 Å². The molecule has 8 atom stereocenters. The van der Waals surface area contributed by atoms with Crippen molar-refractivity contribution in [2.24, 2.45) is 82.9 Å². The first-order chi connectivity index (χ1) is 17.8. The van der Waals surface area contributed by atoms with Crippen LogP contribution in [-0.4, -0.2) is 44.8 Å². The third-order valence-electron chi connectivity index (χ3n) is 12.7. The fourth-order valence-electron chi connectivity index (χ4n) is 10.8. The second-order valence-corrected chi connectivity index (χ2v) is 15.9. The molecule has 4 saturated carbocycles. The normalized spacial score (nSPS) is 54.3. The summed E-state index contributed by atoms with van der Waals surface area (Å²) in [4.78, 5) is 0. The van der Waals surface area contributed by atoms with Gasteiger partial charge in [0.1, 0.15) is 0 Å². The van der Waals surface area contributed by atoms with Gasteiger partial charge in [-0.05, 0) is 134 Å². The van der Waals surface area contributed by atoms with Crippen LogP contribution in [0.25, 0.3) is 0 Å². The Morgan fingerprint density at radius 3 is 0.579 bits per heavy atom. The van der Waals surface area contributed by atoms with Gasteiger partial charge in [0.2, 0.25) is 0 Å². The fraction of sp³-hybridized carbons (Fsp3) is 1.00. The summed E-state index contributed by atoms with van der Waals surface area (Å²) in [5, 5.41) is 43.7. The van der Waals surface area contributed by atoms with Gasteiger partial charge in [-0.15, -0.1) is 0 Å². The van der Waals surface area contributed by atoms with Crippen LogP contribution < -0.4 is 0 Å². The first kappa shape index (κ1) is 30.8. The van der Waals surface area contributed by atoms with E-state index in [4.69, 9.17) is 0 Å². The molecule has 0 aliphatic heterocycles. The van der Waals surface area contributed by atoms with E-state index in [0.29, 0.717) is 82.9 Å². The van der Waals surface area contributed by atoms with Crippen molar-refractivity contribution in [1.82, 2.24) is 0 Å². The smallest absolute Gasteiger partial charge is 0.0591 e. The second kappa shape index (κ2) is 12.4. The van der Waals surface area contributed by atoms with Crippen LogP contribution in [0.5, 0.6) is 0 Å². The first-order valence-corrected chi connectivity index (χ1v) is 16.5. The van der Waals surface area contributed by atoms with Crippen molar-refractivity contribution in [3.05, 3.63) is 0 Å². The first-order valence-electron chi connectivity index (χ1n) is 16.5. The zero-order chi connectivity index (χ0) is 28.0. The minimum absolute atomic E-state index is 0.203. The van der Waals surface area contributed by atoms with Gasteiger partial charge in [0.15, 0.2) is 0 Å². The van der Waals surface area contributed by atoms with Crippen LogP contribution in [0.15, 0.2) is 0 Å². The number of aliphatic hydroxyl groups is 4. The average molecular weight is 535 g/mol. The molecule has 4 heteroatoms. The SMILES string of the molecule is CC1CC(C(C2CC(C)C(O)C(C)C2)C(C2CC(C)C(O)C(C)C2)C2CC(C)C(O)C(C)C2)CC(C)C1O. The summed E-state index contributed by atoms with van der Waals surface area (Å²) in [5.41, 5.74) is 0. The Hall–Kier alpha value is -0.160. The molecule has 0 aromatic rings. The predicted octanol–water partition coefficient (Wildman–Crippen LogP) is 6.39. The average Bonchev–Trinajstić information content (AvgIpc) is 2.85. The van der Waals surface area contributed by atoms with Gasteiger partial charge < -0.3 is 20.4 Å². The van der Waals surface area contributed by atoms with Crippen molar-refractivity contribution in [2.45, 2.75) is 131 Å². The molecule has 4 nitrogen and oxygen atoms in total. The lowest BCUT2D eigenvalue weighted by atomic mass is 9.51. The van der Waals surface area contributed by atoms with Gasteiger partial charge in [-0.1, -0.05) is 55.4 Å². The Morgan fingerprint density at radius 2 is 0.447 bits per heavy atom. The van der Waals surface area contributed by atoms with Gasteiger partial charge in [-0.25, -0.2) is 0 Å². The Bertz CT molecular complexity index is 587. The molecular weight excluding hydrogens is 472 g/mol. The number of aliphatic hydroxyl groups excluding tert-OH is 4. The summed E-state index contributed by atoms with van der Waals surface area (Å²) in [6, 6.07) is 0. The topological polar surface area (TPSA) is 80.9 Å². The Balaban J connectivity index is 1.76. The third kappa shape index (κ3) is 6.19. The summed E-state index contributed by atoms with van der Waals surface area (Å²) in [6.45, 7) is 18.1. The van der Waals surface area contributed by atoms with Crippen molar-refractivity contribution in [3.8, 4) is 0 Å². The van der Waals surface area contributed by atoms with Crippen LogP contribution in [-0.2, 0) is 0 Å². The van der Waals surface area contributed by atoms with Crippen molar-refractivity contribution < 1.29 is 20.4 Å². The molecule has 38 heavy (non-hydrogen) atoms. The molecule has 0 aromatic carbocycles. The Labute approximate surface area is 234 Å². The maximum atomic E-state index is 10.9. The van der Waals surface area contributed by atoms with E-state index < -0.39 is 0 Å². The highest BCUT2D eigenvalue weighted by Crippen LogP contribution is 2.56. The molecule has 0 spiro atoms. The van der Waals surface area contributed by atoms with Crippen molar-refractivity contribution in [3.63, 3.8) is 0 Å². The molecule has 0 saturated heterocycles. The summed E-state index contributed by atoms with van der Waals surface area (Å²) >= 11 is 0. The van der Waals surface area contributed by atoms with Crippen molar-refractivity contribution in [2.75, 3.05) is 0 Å². The van der Waals surface area contributed by atoms with Gasteiger partial charge in [0, 0.05) is 0 Å². The van der Waals surface area contributed by atoms with E-state index in [2.05, 4.69) is 55.4 Å². The van der Waals surface area contributed by atoms with Crippen LogP contribution in [0.1, 0.15) is 107 Å². The lowest BCUT2D eigenvalue weighted by Crippen LogP contribution is -2.50. The maximum Gasteiger partial charge on any atom is 0.0591 e. The lowest BCUT2D eigenvalue weighted by Gasteiger charge is -2.55. The molecule has 0 heterocycles. The van der Waals surface area contributed by atoms with E-state index >= 15 is 0 Å². The molecule has 4 fully saturated rings. The molecule has 4 rings (SSSR count). The monoisotopic (exact) mass is 534 g/mol. The third-order valence-corrected chi connectivity index (χ3v) is 12.7. The highest BCUT2D eigenvalue weighted by atomic mass is 16.3. The van der Waals surface area contributed by atoms with E-state index in [1.54, 1.807) is 0 Å². The summed E-state index contributed by atoms with van der Waals surface area (Å²) < 4.78 is 0. The highest BCUT2D eigenvalue weighted by molar-refractivity contribution is 5.00. The Kier molecular flexibility index (Phi) is 10.0. The van der Waals surface area contributed by atoms with Crippen LogP contribution in [0.3, 0.4) is 0 Å². The summed E-state index contributed by atoms with van der Waals surface area (Å²) in [6.07, 6.45) is 8.04. The summed E-state index contributed by atoms with van der Waals surface area (Å²) in [5.74, 6) is 6.19. The molecule has 0 amide bonds. The minimum Gasteiger partial charge on any atom is -0.393 e. The second-order valence-electron chi connectivity index (χ2n) is 15.9. The molecule has 0 radical (unpaired) electrons. The zero-order valence-electron chi connectivity index (χ0n) is 25.8. The molecular formula is C34H62O4.